The van der Waals surface area contributed by atoms with E-state index in [-0.39, 0.29) is 11.9 Å². The molecule has 0 radical (unpaired) electrons. The van der Waals surface area contributed by atoms with Crippen molar-refractivity contribution in [2.45, 2.75) is 25.8 Å². The highest BCUT2D eigenvalue weighted by Crippen LogP contribution is 2.32. The number of rotatable bonds is 6. The molecule has 0 amide bonds. The summed E-state index contributed by atoms with van der Waals surface area (Å²) in [5.74, 6) is -0.217. The Balaban J connectivity index is 1.32. The molecule has 0 aliphatic heterocycles. The van der Waals surface area contributed by atoms with Gasteiger partial charge in [0, 0.05) is 53.1 Å². The maximum Gasteiger partial charge on any atom is 0.126 e. The summed E-state index contributed by atoms with van der Waals surface area (Å²) in [4.78, 5) is 12.6. The average molecular weight is 476 g/mol. The molecule has 0 fully saturated rings. The van der Waals surface area contributed by atoms with Crippen molar-refractivity contribution in [3.63, 3.8) is 0 Å². The van der Waals surface area contributed by atoms with Gasteiger partial charge in [0.05, 0.1) is 23.2 Å². The summed E-state index contributed by atoms with van der Waals surface area (Å²) in [5, 5.41) is 1.21. The van der Waals surface area contributed by atoms with Gasteiger partial charge in [-0.2, -0.15) is 0 Å². The van der Waals surface area contributed by atoms with Crippen LogP contribution in [0.15, 0.2) is 91.6 Å². The predicted molar refractivity (Wildman–Crippen MR) is 142 cm³/mol. The van der Waals surface area contributed by atoms with Gasteiger partial charge in [0.1, 0.15) is 5.82 Å². The molecule has 178 valence electrons. The van der Waals surface area contributed by atoms with Crippen LogP contribution in [-0.2, 0) is 12.8 Å². The zero-order valence-electron chi connectivity index (χ0n) is 19.9. The van der Waals surface area contributed by atoms with Crippen LogP contribution in [0.4, 0.5) is 4.39 Å². The first-order valence-electron chi connectivity index (χ1n) is 12.0. The number of hydrogen-bond donors (Lipinski definition) is 2. The second-order valence-electron chi connectivity index (χ2n) is 9.29. The highest BCUT2D eigenvalue weighted by atomic mass is 19.1. The van der Waals surface area contributed by atoms with Crippen LogP contribution in [0.5, 0.6) is 0 Å². The van der Waals surface area contributed by atoms with Crippen LogP contribution in [0.3, 0.4) is 0 Å². The van der Waals surface area contributed by atoms with Crippen LogP contribution in [0.1, 0.15) is 16.8 Å². The van der Waals surface area contributed by atoms with Crippen molar-refractivity contribution in [3.05, 3.63) is 114 Å². The molecule has 6 rings (SSSR count). The standard InChI is InChI=1S/C30H26FN5/c1-19-13-21(8-9-26(19)31)30-25(6-4-11-33-30)20-10-12-36-18-35-28(29(36)15-20)16-23(32)14-22-17-34-27-7-3-2-5-24(22)27/h2-13,15,17-18,23,34H,14,16,32H2,1H3/t23-/m1/s1. The Morgan fingerprint density at radius 3 is 2.75 bits per heavy atom. The Bertz CT molecular complexity index is 1700. The molecule has 6 heteroatoms. The average Bonchev–Trinajstić information content (AvgIpc) is 3.49. The summed E-state index contributed by atoms with van der Waals surface area (Å²) >= 11 is 0. The SMILES string of the molecule is Cc1cc(-c2ncccc2-c2ccn3cnc(C[C@H](N)Cc4c[nH]c5ccccc45)c3c2)ccc1F. The Labute approximate surface area is 208 Å². The van der Waals surface area contributed by atoms with E-state index in [1.807, 2.05) is 41.2 Å². The maximum atomic E-state index is 13.9. The van der Waals surface area contributed by atoms with E-state index in [2.05, 4.69) is 51.5 Å². The molecule has 1 atom stereocenters. The Hall–Kier alpha value is -4.29. The van der Waals surface area contributed by atoms with E-state index in [1.54, 1.807) is 19.2 Å². The summed E-state index contributed by atoms with van der Waals surface area (Å²) in [7, 11) is 0. The predicted octanol–water partition coefficient (Wildman–Crippen LogP) is 6.10. The quantitative estimate of drug-likeness (QED) is 0.306. The number of fused-ring (bicyclic) bond motifs is 2. The highest BCUT2D eigenvalue weighted by molar-refractivity contribution is 5.84. The number of nitrogens with zero attached hydrogens (tertiary/aromatic N) is 3. The molecular formula is C30H26FN5. The van der Waals surface area contributed by atoms with Gasteiger partial charge in [-0.1, -0.05) is 24.3 Å². The lowest BCUT2D eigenvalue weighted by atomic mass is 9.98. The van der Waals surface area contributed by atoms with Gasteiger partial charge in [0.25, 0.3) is 0 Å². The van der Waals surface area contributed by atoms with Crippen molar-refractivity contribution in [2.75, 3.05) is 0 Å². The largest absolute Gasteiger partial charge is 0.361 e. The van der Waals surface area contributed by atoms with Gasteiger partial charge in [-0.3, -0.25) is 4.98 Å². The van der Waals surface area contributed by atoms with E-state index < -0.39 is 0 Å². The Morgan fingerprint density at radius 1 is 0.972 bits per heavy atom. The molecule has 6 aromatic rings. The molecule has 4 aromatic heterocycles. The summed E-state index contributed by atoms with van der Waals surface area (Å²) in [6, 6.07) is 21.5. The molecule has 0 saturated carbocycles. The number of pyridine rings is 2. The number of nitrogens with two attached hydrogens (primary N) is 1. The fraction of sp³-hybridized carbons (Fsp3) is 0.133. The van der Waals surface area contributed by atoms with Crippen LogP contribution >= 0.6 is 0 Å². The number of hydrogen-bond acceptors (Lipinski definition) is 3. The first-order chi connectivity index (χ1) is 17.6. The molecular weight excluding hydrogens is 449 g/mol. The van der Waals surface area contributed by atoms with Crippen molar-refractivity contribution < 1.29 is 4.39 Å². The third-order valence-electron chi connectivity index (χ3n) is 6.78. The molecule has 3 N–H and O–H groups in total. The lowest BCUT2D eigenvalue weighted by Crippen LogP contribution is -2.25. The molecule has 0 unspecified atom stereocenters. The highest BCUT2D eigenvalue weighted by Gasteiger charge is 2.15. The van der Waals surface area contributed by atoms with E-state index in [0.29, 0.717) is 12.0 Å². The van der Waals surface area contributed by atoms with Gasteiger partial charge in [0.2, 0.25) is 0 Å². The van der Waals surface area contributed by atoms with Crippen LogP contribution in [0, 0.1) is 12.7 Å². The van der Waals surface area contributed by atoms with Gasteiger partial charge < -0.3 is 15.1 Å². The number of H-pyrrole nitrogens is 1. The van der Waals surface area contributed by atoms with Crippen molar-refractivity contribution in [2.24, 2.45) is 5.73 Å². The molecule has 0 aliphatic carbocycles. The minimum absolute atomic E-state index is 0.0669. The van der Waals surface area contributed by atoms with E-state index >= 15 is 0 Å². The van der Waals surface area contributed by atoms with Crippen molar-refractivity contribution >= 4 is 16.4 Å². The van der Waals surface area contributed by atoms with Crippen LogP contribution in [0.25, 0.3) is 38.8 Å². The summed E-state index contributed by atoms with van der Waals surface area (Å²) in [6.07, 6.45) is 9.09. The minimum Gasteiger partial charge on any atom is -0.361 e. The van der Waals surface area contributed by atoms with Gasteiger partial charge in [-0.25, -0.2) is 9.37 Å². The van der Waals surface area contributed by atoms with Gasteiger partial charge in [0.15, 0.2) is 0 Å². The van der Waals surface area contributed by atoms with E-state index in [1.165, 1.54) is 17.0 Å². The molecule has 36 heavy (non-hydrogen) atoms. The molecule has 2 aromatic carbocycles. The van der Waals surface area contributed by atoms with Crippen LogP contribution in [-0.4, -0.2) is 25.4 Å². The van der Waals surface area contributed by atoms with Crippen molar-refractivity contribution in [3.8, 4) is 22.4 Å². The number of para-hydroxylation sites is 1. The number of imidazole rings is 1. The first-order valence-corrected chi connectivity index (χ1v) is 12.0. The lowest BCUT2D eigenvalue weighted by Gasteiger charge is -2.12. The maximum absolute atomic E-state index is 13.9. The third-order valence-corrected chi connectivity index (χ3v) is 6.78. The molecule has 5 nitrogen and oxygen atoms in total. The van der Waals surface area contributed by atoms with Gasteiger partial charge in [-0.15, -0.1) is 0 Å². The summed E-state index contributed by atoms with van der Waals surface area (Å²) in [5.41, 5.74) is 15.3. The van der Waals surface area contributed by atoms with E-state index in [0.717, 1.165) is 45.5 Å². The zero-order chi connectivity index (χ0) is 24.6. The second kappa shape index (κ2) is 9.06. The summed E-state index contributed by atoms with van der Waals surface area (Å²) in [6.45, 7) is 1.77. The molecule has 0 spiro atoms. The Kier molecular flexibility index (Phi) is 5.58. The number of nitrogens with one attached hydrogen (secondary N) is 1. The van der Waals surface area contributed by atoms with Crippen molar-refractivity contribution in [1.82, 2.24) is 19.4 Å². The third kappa shape index (κ3) is 4.06. The van der Waals surface area contributed by atoms with E-state index in [9.17, 15) is 4.39 Å². The Morgan fingerprint density at radius 2 is 1.86 bits per heavy atom. The van der Waals surface area contributed by atoms with Gasteiger partial charge in [-0.05, 0) is 72.5 Å². The number of aromatic amines is 1. The number of aromatic nitrogens is 4. The fourth-order valence-corrected chi connectivity index (χ4v) is 4.93. The molecule has 4 heterocycles. The zero-order valence-corrected chi connectivity index (χ0v) is 19.9. The van der Waals surface area contributed by atoms with Crippen LogP contribution in [0.2, 0.25) is 0 Å². The van der Waals surface area contributed by atoms with Crippen LogP contribution < -0.4 is 5.73 Å². The second-order valence-corrected chi connectivity index (χ2v) is 9.29. The monoisotopic (exact) mass is 475 g/mol. The number of benzene rings is 2. The smallest absolute Gasteiger partial charge is 0.126 e. The topological polar surface area (TPSA) is 72.0 Å². The minimum atomic E-state index is -0.217. The number of halogens is 1. The molecule has 0 bridgehead atoms. The van der Waals surface area contributed by atoms with Gasteiger partial charge >= 0.3 is 0 Å². The first kappa shape index (κ1) is 22.2. The normalized spacial score (nSPS) is 12.4. The van der Waals surface area contributed by atoms with Crippen molar-refractivity contribution in [1.29, 1.82) is 0 Å². The molecule has 0 saturated heterocycles. The van der Waals surface area contributed by atoms with E-state index in [4.69, 9.17) is 5.73 Å². The number of aryl methyl sites for hydroxylation is 1. The molecule has 0 aliphatic rings. The summed E-state index contributed by atoms with van der Waals surface area (Å²) < 4.78 is 15.9. The lowest BCUT2D eigenvalue weighted by molar-refractivity contribution is 0.619. The fourth-order valence-electron chi connectivity index (χ4n) is 4.93.